The maximum atomic E-state index is 12.0. The highest BCUT2D eigenvalue weighted by molar-refractivity contribution is 7.99. The number of H-pyrrole nitrogens is 1. The zero-order valence-electron chi connectivity index (χ0n) is 13.9. The molecule has 0 saturated heterocycles. The monoisotopic (exact) mass is 332 g/mol. The van der Waals surface area contributed by atoms with Crippen molar-refractivity contribution in [2.45, 2.75) is 51.1 Å². The van der Waals surface area contributed by atoms with E-state index in [1.54, 1.807) is 0 Å². The molecule has 23 heavy (non-hydrogen) atoms. The zero-order valence-corrected chi connectivity index (χ0v) is 14.7. The third kappa shape index (κ3) is 5.71. The molecule has 1 aromatic heterocycles. The second-order valence-corrected chi connectivity index (χ2v) is 6.74. The van der Waals surface area contributed by atoms with Crippen molar-refractivity contribution in [2.75, 3.05) is 11.1 Å². The van der Waals surface area contributed by atoms with Crippen LogP contribution in [0.2, 0.25) is 0 Å². The maximum absolute atomic E-state index is 12.0. The van der Waals surface area contributed by atoms with Crippen molar-refractivity contribution in [1.29, 1.82) is 0 Å². The fourth-order valence-electron chi connectivity index (χ4n) is 2.04. The molecule has 0 saturated carbocycles. The minimum Gasteiger partial charge on any atom is -0.325 e. The van der Waals surface area contributed by atoms with E-state index in [0.29, 0.717) is 16.8 Å². The molecule has 0 radical (unpaired) electrons. The van der Waals surface area contributed by atoms with E-state index in [4.69, 9.17) is 0 Å². The Balaban J connectivity index is 1.79. The number of hydrogen-bond acceptors (Lipinski definition) is 4. The van der Waals surface area contributed by atoms with Crippen LogP contribution in [-0.4, -0.2) is 26.8 Å². The van der Waals surface area contributed by atoms with Gasteiger partial charge in [-0.05, 0) is 30.5 Å². The van der Waals surface area contributed by atoms with Gasteiger partial charge in [0.15, 0.2) is 0 Å². The molecule has 0 bridgehead atoms. The summed E-state index contributed by atoms with van der Waals surface area (Å²) in [4.78, 5) is 16.3. The summed E-state index contributed by atoms with van der Waals surface area (Å²) in [5.41, 5.74) is 2.13. The molecule has 1 aromatic carbocycles. The van der Waals surface area contributed by atoms with Gasteiger partial charge in [0, 0.05) is 11.6 Å². The van der Waals surface area contributed by atoms with E-state index >= 15 is 0 Å². The number of anilines is 1. The Hall–Kier alpha value is -1.82. The summed E-state index contributed by atoms with van der Waals surface area (Å²) in [6.45, 7) is 6.28. The van der Waals surface area contributed by atoms with Crippen molar-refractivity contribution in [3.8, 4) is 0 Å². The van der Waals surface area contributed by atoms with Gasteiger partial charge in [0.05, 0.1) is 5.75 Å². The van der Waals surface area contributed by atoms with Crippen molar-refractivity contribution >= 4 is 23.4 Å². The van der Waals surface area contributed by atoms with Gasteiger partial charge >= 0.3 is 0 Å². The third-order valence-electron chi connectivity index (χ3n) is 3.42. The van der Waals surface area contributed by atoms with Crippen LogP contribution in [0.4, 0.5) is 5.69 Å². The first kappa shape index (κ1) is 17.5. The molecule has 6 heteroatoms. The van der Waals surface area contributed by atoms with Crippen LogP contribution in [-0.2, 0) is 11.2 Å². The summed E-state index contributed by atoms with van der Waals surface area (Å²) >= 11 is 1.33. The predicted octanol–water partition coefficient (Wildman–Crippen LogP) is 4.00. The number of thioether (sulfide) groups is 1. The SMILES string of the molecule is CCCCc1ccc(NC(=O)CSc2n[nH]c(C(C)C)n2)cc1. The van der Waals surface area contributed by atoms with Gasteiger partial charge in [-0.15, -0.1) is 5.10 Å². The number of benzene rings is 1. The van der Waals surface area contributed by atoms with Gasteiger partial charge in [-0.3, -0.25) is 9.89 Å². The van der Waals surface area contributed by atoms with Crippen LogP contribution in [0.5, 0.6) is 0 Å². The van der Waals surface area contributed by atoms with Crippen molar-refractivity contribution in [1.82, 2.24) is 15.2 Å². The molecular weight excluding hydrogens is 308 g/mol. The summed E-state index contributed by atoms with van der Waals surface area (Å²) < 4.78 is 0. The number of nitrogens with zero attached hydrogens (tertiary/aromatic N) is 2. The van der Waals surface area contributed by atoms with Gasteiger partial charge in [0.25, 0.3) is 0 Å². The molecule has 124 valence electrons. The van der Waals surface area contributed by atoms with E-state index in [2.05, 4.69) is 39.6 Å². The minimum absolute atomic E-state index is 0.0489. The fraction of sp³-hybridized carbons (Fsp3) is 0.471. The molecule has 0 aliphatic heterocycles. The van der Waals surface area contributed by atoms with Gasteiger partial charge in [0.1, 0.15) is 5.82 Å². The number of aromatic amines is 1. The Bertz CT molecular complexity index is 622. The number of amides is 1. The van der Waals surface area contributed by atoms with Crippen LogP contribution in [0, 0.1) is 0 Å². The molecular formula is C17H24N4OS. The Kier molecular flexibility index (Phi) is 6.65. The van der Waals surface area contributed by atoms with Crippen LogP contribution in [0.25, 0.3) is 0 Å². The zero-order chi connectivity index (χ0) is 16.7. The first-order chi connectivity index (χ1) is 11.1. The molecule has 1 amide bonds. The van der Waals surface area contributed by atoms with Gasteiger partial charge < -0.3 is 5.32 Å². The van der Waals surface area contributed by atoms with Crippen LogP contribution < -0.4 is 5.32 Å². The fourth-order valence-corrected chi connectivity index (χ4v) is 2.65. The highest BCUT2D eigenvalue weighted by Gasteiger charge is 2.09. The standard InChI is InChI=1S/C17H24N4OS/c1-4-5-6-13-7-9-14(10-8-13)18-15(22)11-23-17-19-16(12(2)3)20-21-17/h7-10,12H,4-6,11H2,1-3H3,(H,18,22)(H,19,20,21). The lowest BCUT2D eigenvalue weighted by Gasteiger charge is -2.05. The van der Waals surface area contributed by atoms with Crippen molar-refractivity contribution in [3.05, 3.63) is 35.7 Å². The molecule has 0 aliphatic carbocycles. The summed E-state index contributed by atoms with van der Waals surface area (Å²) in [6.07, 6.45) is 3.47. The summed E-state index contributed by atoms with van der Waals surface area (Å²) in [5, 5.41) is 10.5. The molecule has 2 N–H and O–H groups in total. The number of aromatic nitrogens is 3. The highest BCUT2D eigenvalue weighted by atomic mass is 32.2. The molecule has 0 unspecified atom stereocenters. The average Bonchev–Trinajstić information content (AvgIpc) is 3.01. The first-order valence-electron chi connectivity index (χ1n) is 8.02. The minimum atomic E-state index is -0.0489. The Morgan fingerprint density at radius 3 is 2.65 bits per heavy atom. The highest BCUT2D eigenvalue weighted by Crippen LogP contribution is 2.17. The Labute approximate surface area is 141 Å². The van der Waals surface area contributed by atoms with Gasteiger partial charge in [-0.25, -0.2) is 4.98 Å². The lowest BCUT2D eigenvalue weighted by Crippen LogP contribution is -2.14. The molecule has 0 spiro atoms. The number of unbranched alkanes of at least 4 members (excludes halogenated alkanes) is 1. The van der Waals surface area contributed by atoms with Gasteiger partial charge in [0.2, 0.25) is 11.1 Å². The second-order valence-electron chi connectivity index (χ2n) is 5.80. The van der Waals surface area contributed by atoms with E-state index in [9.17, 15) is 4.79 Å². The van der Waals surface area contributed by atoms with E-state index in [0.717, 1.165) is 17.9 Å². The second kappa shape index (κ2) is 8.72. The van der Waals surface area contributed by atoms with Gasteiger partial charge in [-0.1, -0.05) is 51.1 Å². The smallest absolute Gasteiger partial charge is 0.234 e. The number of aryl methyl sites for hydroxylation is 1. The molecule has 0 atom stereocenters. The number of carbonyl (C=O) groups excluding carboxylic acids is 1. The van der Waals surface area contributed by atoms with Crippen molar-refractivity contribution in [2.24, 2.45) is 0 Å². The maximum Gasteiger partial charge on any atom is 0.234 e. The lowest BCUT2D eigenvalue weighted by atomic mass is 10.1. The molecule has 5 nitrogen and oxygen atoms in total. The van der Waals surface area contributed by atoms with Gasteiger partial charge in [-0.2, -0.15) is 0 Å². The number of nitrogens with one attached hydrogen (secondary N) is 2. The van der Waals surface area contributed by atoms with Crippen LogP contribution >= 0.6 is 11.8 Å². The van der Waals surface area contributed by atoms with Crippen LogP contribution in [0.15, 0.2) is 29.4 Å². The van der Waals surface area contributed by atoms with E-state index in [1.165, 1.54) is 30.2 Å². The Morgan fingerprint density at radius 1 is 1.30 bits per heavy atom. The molecule has 1 heterocycles. The average molecular weight is 332 g/mol. The van der Waals surface area contributed by atoms with Crippen molar-refractivity contribution in [3.63, 3.8) is 0 Å². The predicted molar refractivity (Wildman–Crippen MR) is 94.9 cm³/mol. The third-order valence-corrected chi connectivity index (χ3v) is 4.27. The normalized spacial score (nSPS) is 11.0. The number of rotatable bonds is 8. The van der Waals surface area contributed by atoms with Crippen molar-refractivity contribution < 1.29 is 4.79 Å². The largest absolute Gasteiger partial charge is 0.325 e. The molecule has 2 aromatic rings. The molecule has 0 fully saturated rings. The summed E-state index contributed by atoms with van der Waals surface area (Å²) in [6, 6.07) is 8.06. The first-order valence-corrected chi connectivity index (χ1v) is 9.01. The topological polar surface area (TPSA) is 70.7 Å². The molecule has 2 rings (SSSR count). The quantitative estimate of drug-likeness (QED) is 0.717. The van der Waals surface area contributed by atoms with E-state index in [1.807, 2.05) is 26.0 Å². The van der Waals surface area contributed by atoms with E-state index in [-0.39, 0.29) is 5.91 Å². The molecule has 0 aliphatic rings. The summed E-state index contributed by atoms with van der Waals surface area (Å²) in [5.74, 6) is 1.40. The van der Waals surface area contributed by atoms with Crippen LogP contribution in [0.3, 0.4) is 0 Å². The lowest BCUT2D eigenvalue weighted by molar-refractivity contribution is -0.113. The number of carbonyl (C=O) groups is 1. The van der Waals surface area contributed by atoms with E-state index < -0.39 is 0 Å². The Morgan fingerprint density at radius 2 is 2.04 bits per heavy atom. The number of hydrogen-bond donors (Lipinski definition) is 2. The summed E-state index contributed by atoms with van der Waals surface area (Å²) in [7, 11) is 0. The van der Waals surface area contributed by atoms with Crippen LogP contribution in [0.1, 0.15) is 50.9 Å².